The van der Waals surface area contributed by atoms with Gasteiger partial charge in [0.1, 0.15) is 6.04 Å². The number of anilines is 1. The van der Waals surface area contributed by atoms with Gasteiger partial charge in [-0.1, -0.05) is 30.3 Å². The Morgan fingerprint density at radius 1 is 1.11 bits per heavy atom. The van der Waals surface area contributed by atoms with E-state index in [2.05, 4.69) is 10.6 Å². The topological polar surface area (TPSA) is 78.4 Å². The van der Waals surface area contributed by atoms with E-state index in [1.807, 2.05) is 0 Å². The molecular weight excluding hydrogens is 373 g/mol. The minimum atomic E-state index is -4.45. The summed E-state index contributed by atoms with van der Waals surface area (Å²) in [5.41, 5.74) is 0.229. The molecule has 0 radical (unpaired) electrons. The molecule has 0 saturated carbocycles. The number of carboxylic acids is 1. The quantitative estimate of drug-likeness (QED) is 0.724. The molecular formula is C20H19F3N2O3. The van der Waals surface area contributed by atoms with Crippen molar-refractivity contribution < 1.29 is 27.9 Å². The van der Waals surface area contributed by atoms with Gasteiger partial charge in [0.15, 0.2) is 0 Å². The van der Waals surface area contributed by atoms with Crippen LogP contribution in [0, 0.1) is 5.92 Å². The van der Waals surface area contributed by atoms with Gasteiger partial charge in [0, 0.05) is 12.1 Å². The number of carbonyl (C=O) groups excluding carboxylic acids is 1. The third-order valence-electron chi connectivity index (χ3n) is 4.71. The maximum Gasteiger partial charge on any atom is 0.417 e. The number of hydrogen-bond donors (Lipinski definition) is 3. The zero-order chi connectivity index (χ0) is 20.3. The SMILES string of the molecule is O=C(CC1CNC(C(=O)O)C1)Nc1ccc(-c2ccccc2C(F)(F)F)cc1. The summed E-state index contributed by atoms with van der Waals surface area (Å²) in [6, 6.07) is 10.8. The van der Waals surface area contributed by atoms with E-state index in [0.717, 1.165) is 6.07 Å². The van der Waals surface area contributed by atoms with Crippen LogP contribution in [0.15, 0.2) is 48.5 Å². The van der Waals surface area contributed by atoms with Gasteiger partial charge in [0.2, 0.25) is 5.91 Å². The number of carboxylic acid groups (broad SMARTS) is 1. The molecule has 2 aromatic rings. The zero-order valence-corrected chi connectivity index (χ0v) is 14.8. The van der Waals surface area contributed by atoms with Gasteiger partial charge < -0.3 is 15.7 Å². The van der Waals surface area contributed by atoms with E-state index in [9.17, 15) is 22.8 Å². The average Bonchev–Trinajstić information content (AvgIpc) is 3.10. The molecule has 0 aromatic heterocycles. The zero-order valence-electron chi connectivity index (χ0n) is 14.8. The van der Waals surface area contributed by atoms with Crippen molar-refractivity contribution in [2.75, 3.05) is 11.9 Å². The molecule has 1 fully saturated rings. The molecule has 0 aliphatic carbocycles. The third kappa shape index (κ3) is 4.69. The summed E-state index contributed by atoms with van der Waals surface area (Å²) in [6.07, 6.45) is -3.89. The number of hydrogen-bond acceptors (Lipinski definition) is 3. The van der Waals surface area contributed by atoms with Crippen LogP contribution in [0.2, 0.25) is 0 Å². The molecule has 5 nitrogen and oxygen atoms in total. The molecule has 1 heterocycles. The fourth-order valence-electron chi connectivity index (χ4n) is 3.34. The molecule has 0 bridgehead atoms. The minimum absolute atomic E-state index is 0.0703. The van der Waals surface area contributed by atoms with E-state index in [0.29, 0.717) is 24.2 Å². The second kappa shape index (κ2) is 8.02. The summed E-state index contributed by atoms with van der Waals surface area (Å²) >= 11 is 0. The van der Waals surface area contributed by atoms with Gasteiger partial charge in [-0.15, -0.1) is 0 Å². The number of amides is 1. The highest BCUT2D eigenvalue weighted by Gasteiger charge is 2.33. The lowest BCUT2D eigenvalue weighted by molar-refractivity contribution is -0.139. The van der Waals surface area contributed by atoms with Crippen molar-refractivity contribution in [1.82, 2.24) is 5.32 Å². The summed E-state index contributed by atoms with van der Waals surface area (Å²) in [5.74, 6) is -1.27. The van der Waals surface area contributed by atoms with E-state index < -0.39 is 23.8 Å². The molecule has 2 unspecified atom stereocenters. The summed E-state index contributed by atoms with van der Waals surface area (Å²) < 4.78 is 39.5. The highest BCUT2D eigenvalue weighted by Crippen LogP contribution is 2.37. The number of rotatable bonds is 5. The predicted molar refractivity (Wildman–Crippen MR) is 97.7 cm³/mol. The number of carbonyl (C=O) groups is 2. The lowest BCUT2D eigenvalue weighted by atomic mass is 9.99. The first-order chi connectivity index (χ1) is 13.2. The van der Waals surface area contributed by atoms with Crippen LogP contribution >= 0.6 is 0 Å². The van der Waals surface area contributed by atoms with E-state index >= 15 is 0 Å². The lowest BCUT2D eigenvalue weighted by Gasteiger charge is -2.13. The number of alkyl halides is 3. The van der Waals surface area contributed by atoms with Crippen molar-refractivity contribution in [2.45, 2.75) is 25.1 Å². The van der Waals surface area contributed by atoms with Crippen LogP contribution in [-0.4, -0.2) is 29.6 Å². The molecule has 1 aliphatic heterocycles. The molecule has 3 rings (SSSR count). The van der Waals surface area contributed by atoms with Crippen LogP contribution in [0.5, 0.6) is 0 Å². The van der Waals surface area contributed by atoms with Gasteiger partial charge in [-0.3, -0.25) is 9.59 Å². The number of halogens is 3. The van der Waals surface area contributed by atoms with Gasteiger partial charge in [-0.05, 0) is 48.2 Å². The Kier molecular flexibility index (Phi) is 5.69. The third-order valence-corrected chi connectivity index (χ3v) is 4.71. The van der Waals surface area contributed by atoms with Crippen LogP contribution in [-0.2, 0) is 15.8 Å². The van der Waals surface area contributed by atoms with Crippen molar-refractivity contribution in [3.63, 3.8) is 0 Å². The second-order valence-corrected chi connectivity index (χ2v) is 6.77. The van der Waals surface area contributed by atoms with Crippen molar-refractivity contribution in [3.8, 4) is 11.1 Å². The summed E-state index contributed by atoms with van der Waals surface area (Å²) in [6.45, 7) is 0.456. The van der Waals surface area contributed by atoms with Crippen LogP contribution in [0.4, 0.5) is 18.9 Å². The first-order valence-electron chi connectivity index (χ1n) is 8.76. The second-order valence-electron chi connectivity index (χ2n) is 6.77. The normalized spacial score (nSPS) is 19.4. The Bertz CT molecular complexity index is 866. The van der Waals surface area contributed by atoms with Crippen LogP contribution in [0.1, 0.15) is 18.4 Å². The maximum atomic E-state index is 13.2. The summed E-state index contributed by atoms with van der Waals surface area (Å²) in [5, 5.41) is 14.5. The predicted octanol–water partition coefficient (Wildman–Crippen LogP) is 3.76. The van der Waals surface area contributed by atoms with Crippen molar-refractivity contribution in [3.05, 3.63) is 54.1 Å². The molecule has 148 valence electrons. The molecule has 3 N–H and O–H groups in total. The largest absolute Gasteiger partial charge is 0.480 e. The minimum Gasteiger partial charge on any atom is -0.480 e. The van der Waals surface area contributed by atoms with E-state index in [1.54, 1.807) is 18.2 Å². The standard InChI is InChI=1S/C20H19F3N2O3/c21-20(22,23)16-4-2-1-3-15(16)13-5-7-14(8-6-13)25-18(26)10-12-9-17(19(27)28)24-11-12/h1-8,12,17,24H,9-11H2,(H,25,26)(H,27,28). The van der Waals surface area contributed by atoms with Crippen LogP contribution in [0.25, 0.3) is 11.1 Å². The molecule has 2 aromatic carbocycles. The van der Waals surface area contributed by atoms with Gasteiger partial charge in [-0.2, -0.15) is 13.2 Å². The highest BCUT2D eigenvalue weighted by atomic mass is 19.4. The molecule has 1 saturated heterocycles. The fourth-order valence-corrected chi connectivity index (χ4v) is 3.34. The van der Waals surface area contributed by atoms with Crippen molar-refractivity contribution in [1.29, 1.82) is 0 Å². The van der Waals surface area contributed by atoms with Crippen LogP contribution in [0.3, 0.4) is 0 Å². The molecule has 0 spiro atoms. The summed E-state index contributed by atoms with van der Waals surface area (Å²) in [7, 11) is 0. The monoisotopic (exact) mass is 392 g/mol. The van der Waals surface area contributed by atoms with Crippen molar-refractivity contribution >= 4 is 17.6 Å². The van der Waals surface area contributed by atoms with Gasteiger partial charge in [-0.25, -0.2) is 0 Å². The Morgan fingerprint density at radius 2 is 1.79 bits per heavy atom. The first-order valence-corrected chi connectivity index (χ1v) is 8.76. The number of nitrogens with one attached hydrogen (secondary N) is 2. The van der Waals surface area contributed by atoms with Gasteiger partial charge in [0.25, 0.3) is 0 Å². The molecule has 2 atom stereocenters. The average molecular weight is 392 g/mol. The molecule has 28 heavy (non-hydrogen) atoms. The van der Waals surface area contributed by atoms with E-state index in [-0.39, 0.29) is 23.8 Å². The smallest absolute Gasteiger partial charge is 0.417 e. The molecule has 1 aliphatic rings. The highest BCUT2D eigenvalue weighted by molar-refractivity contribution is 5.91. The van der Waals surface area contributed by atoms with Crippen LogP contribution < -0.4 is 10.6 Å². The Labute approximate surface area is 159 Å². The number of aliphatic carboxylic acids is 1. The fraction of sp³-hybridized carbons (Fsp3) is 0.300. The van der Waals surface area contributed by atoms with Crippen molar-refractivity contribution in [2.24, 2.45) is 5.92 Å². The number of benzene rings is 2. The molecule has 8 heteroatoms. The van der Waals surface area contributed by atoms with Gasteiger partial charge in [0.05, 0.1) is 5.56 Å². The van der Waals surface area contributed by atoms with Gasteiger partial charge >= 0.3 is 12.1 Å². The Balaban J connectivity index is 1.64. The van der Waals surface area contributed by atoms with E-state index in [4.69, 9.17) is 5.11 Å². The molecule has 1 amide bonds. The Hall–Kier alpha value is -2.87. The first kappa shape index (κ1) is 19.9. The van der Waals surface area contributed by atoms with E-state index in [1.165, 1.54) is 24.3 Å². The Morgan fingerprint density at radius 3 is 2.39 bits per heavy atom. The summed E-state index contributed by atoms with van der Waals surface area (Å²) in [4.78, 5) is 23.1. The maximum absolute atomic E-state index is 13.2. The lowest BCUT2D eigenvalue weighted by Crippen LogP contribution is -2.29.